The van der Waals surface area contributed by atoms with Crippen LogP contribution in [-0.4, -0.2) is 19.4 Å². The molecule has 0 aliphatic carbocycles. The number of hydrogen-bond acceptors (Lipinski definition) is 3. The van der Waals surface area contributed by atoms with Gasteiger partial charge in [0.15, 0.2) is 0 Å². The van der Waals surface area contributed by atoms with Crippen LogP contribution in [0.25, 0.3) is 0 Å². The Labute approximate surface area is 119 Å². The van der Waals surface area contributed by atoms with E-state index in [0.717, 1.165) is 23.7 Å². The average molecular weight is 273 g/mol. The summed E-state index contributed by atoms with van der Waals surface area (Å²) in [7, 11) is 1.70. The number of thioether (sulfide) groups is 1. The van der Waals surface area contributed by atoms with Gasteiger partial charge in [0.25, 0.3) is 0 Å². The molecule has 0 aliphatic heterocycles. The summed E-state index contributed by atoms with van der Waals surface area (Å²) in [6.07, 6.45) is 0. The molecule has 2 rings (SSSR count). The summed E-state index contributed by atoms with van der Waals surface area (Å²) in [6.45, 7) is 3.00. The van der Waals surface area contributed by atoms with Crippen molar-refractivity contribution in [1.29, 1.82) is 0 Å². The van der Waals surface area contributed by atoms with Crippen LogP contribution in [0.15, 0.2) is 53.4 Å². The summed E-state index contributed by atoms with van der Waals surface area (Å²) in [4.78, 5) is 1.31. The summed E-state index contributed by atoms with van der Waals surface area (Å²) in [5.41, 5.74) is 2.30. The smallest absolute Gasteiger partial charge is 0.141 e. The van der Waals surface area contributed by atoms with Gasteiger partial charge >= 0.3 is 0 Å². The lowest BCUT2D eigenvalue weighted by molar-refractivity contribution is 0.416. The Morgan fingerprint density at radius 2 is 1.89 bits per heavy atom. The fourth-order valence-electron chi connectivity index (χ4n) is 1.83. The molecular formula is C16H19NOS. The molecule has 19 heavy (non-hydrogen) atoms. The minimum Gasteiger partial charge on any atom is -0.495 e. The fraction of sp³-hybridized carbons (Fsp3) is 0.250. The number of ether oxygens (including phenoxy) is 1. The maximum Gasteiger partial charge on any atom is 0.141 e. The highest BCUT2D eigenvalue weighted by molar-refractivity contribution is 7.99. The fourth-order valence-corrected chi connectivity index (χ4v) is 2.62. The molecule has 0 atom stereocenters. The van der Waals surface area contributed by atoms with E-state index in [4.69, 9.17) is 4.74 Å². The summed E-state index contributed by atoms with van der Waals surface area (Å²) in [5, 5.41) is 3.43. The third-order valence-electron chi connectivity index (χ3n) is 2.78. The SMILES string of the molecule is COc1ccc(C)cc1NCCSc1ccccc1. The third kappa shape index (κ3) is 4.21. The van der Waals surface area contributed by atoms with E-state index in [9.17, 15) is 0 Å². The lowest BCUT2D eigenvalue weighted by atomic mass is 10.2. The minimum absolute atomic E-state index is 0.898. The van der Waals surface area contributed by atoms with Crippen molar-refractivity contribution in [2.45, 2.75) is 11.8 Å². The molecule has 0 saturated carbocycles. The highest BCUT2D eigenvalue weighted by Crippen LogP contribution is 2.25. The first-order valence-corrected chi connectivity index (χ1v) is 7.34. The van der Waals surface area contributed by atoms with Crippen molar-refractivity contribution in [3.05, 3.63) is 54.1 Å². The predicted molar refractivity (Wildman–Crippen MR) is 83.4 cm³/mol. The standard InChI is InChI=1S/C16H19NOS/c1-13-8-9-16(18-2)15(12-13)17-10-11-19-14-6-4-3-5-7-14/h3-9,12,17H,10-11H2,1-2H3. The van der Waals surface area contributed by atoms with Gasteiger partial charge < -0.3 is 10.1 Å². The maximum atomic E-state index is 5.35. The van der Waals surface area contributed by atoms with Crippen LogP contribution in [0.1, 0.15) is 5.56 Å². The highest BCUT2D eigenvalue weighted by Gasteiger charge is 2.02. The summed E-state index contributed by atoms with van der Waals surface area (Å²) in [5.74, 6) is 1.93. The molecule has 0 fully saturated rings. The molecule has 1 N–H and O–H groups in total. The third-order valence-corrected chi connectivity index (χ3v) is 3.80. The first-order valence-electron chi connectivity index (χ1n) is 6.36. The van der Waals surface area contributed by atoms with Gasteiger partial charge in [0.1, 0.15) is 5.75 Å². The number of nitrogens with one attached hydrogen (secondary N) is 1. The summed E-state index contributed by atoms with van der Waals surface area (Å²) < 4.78 is 5.35. The van der Waals surface area contributed by atoms with Crippen molar-refractivity contribution in [3.8, 4) is 5.75 Å². The normalized spacial score (nSPS) is 10.2. The Morgan fingerprint density at radius 3 is 2.63 bits per heavy atom. The second-order valence-corrected chi connectivity index (χ2v) is 5.46. The van der Waals surface area contributed by atoms with Crippen molar-refractivity contribution in [2.24, 2.45) is 0 Å². The molecule has 2 nitrogen and oxygen atoms in total. The van der Waals surface area contributed by atoms with Gasteiger partial charge in [0.2, 0.25) is 0 Å². The van der Waals surface area contributed by atoms with Crippen molar-refractivity contribution in [1.82, 2.24) is 0 Å². The van der Waals surface area contributed by atoms with Gasteiger partial charge in [-0.3, -0.25) is 0 Å². The lowest BCUT2D eigenvalue weighted by Crippen LogP contribution is -2.05. The first kappa shape index (κ1) is 13.8. The molecule has 2 aromatic rings. The van der Waals surface area contributed by atoms with Crippen LogP contribution in [0.4, 0.5) is 5.69 Å². The topological polar surface area (TPSA) is 21.3 Å². The van der Waals surface area contributed by atoms with Crippen molar-refractivity contribution in [2.75, 3.05) is 24.7 Å². The van der Waals surface area contributed by atoms with E-state index >= 15 is 0 Å². The Kier molecular flexibility index (Phi) is 5.16. The zero-order valence-corrected chi connectivity index (χ0v) is 12.2. The number of aryl methyl sites for hydroxylation is 1. The molecule has 2 aromatic carbocycles. The van der Waals surface area contributed by atoms with E-state index in [1.807, 2.05) is 23.9 Å². The second kappa shape index (κ2) is 7.10. The zero-order chi connectivity index (χ0) is 13.5. The Morgan fingerprint density at radius 1 is 1.11 bits per heavy atom. The quantitative estimate of drug-likeness (QED) is 0.629. The zero-order valence-electron chi connectivity index (χ0n) is 11.3. The number of methoxy groups -OCH3 is 1. The maximum absolute atomic E-state index is 5.35. The van der Waals surface area contributed by atoms with Crippen LogP contribution in [0.5, 0.6) is 5.75 Å². The molecule has 0 spiro atoms. The molecule has 3 heteroatoms. The number of anilines is 1. The average Bonchev–Trinajstić information content (AvgIpc) is 2.45. The van der Waals surface area contributed by atoms with Gasteiger partial charge in [-0.1, -0.05) is 24.3 Å². The van der Waals surface area contributed by atoms with E-state index in [-0.39, 0.29) is 0 Å². The molecule has 0 bridgehead atoms. The monoisotopic (exact) mass is 273 g/mol. The van der Waals surface area contributed by atoms with Gasteiger partial charge in [-0.25, -0.2) is 0 Å². The molecule has 0 heterocycles. The summed E-state index contributed by atoms with van der Waals surface area (Å²) >= 11 is 1.85. The highest BCUT2D eigenvalue weighted by atomic mass is 32.2. The Balaban J connectivity index is 1.84. The molecule has 0 saturated heterocycles. The second-order valence-electron chi connectivity index (χ2n) is 4.29. The first-order chi connectivity index (χ1) is 9.29. The summed E-state index contributed by atoms with van der Waals surface area (Å²) in [6, 6.07) is 16.6. The molecule has 100 valence electrons. The minimum atomic E-state index is 0.898. The van der Waals surface area contributed by atoms with Crippen LogP contribution < -0.4 is 10.1 Å². The van der Waals surface area contributed by atoms with Crippen LogP contribution in [0.2, 0.25) is 0 Å². The van der Waals surface area contributed by atoms with E-state index in [1.54, 1.807) is 7.11 Å². The number of rotatable bonds is 6. The predicted octanol–water partition coefficient (Wildman–Crippen LogP) is 4.21. The molecule has 0 unspecified atom stereocenters. The number of benzene rings is 2. The molecular weight excluding hydrogens is 254 g/mol. The van der Waals surface area contributed by atoms with E-state index in [1.165, 1.54) is 10.5 Å². The molecule has 0 aromatic heterocycles. The van der Waals surface area contributed by atoms with Gasteiger partial charge in [0, 0.05) is 17.2 Å². The van der Waals surface area contributed by atoms with Gasteiger partial charge in [0.05, 0.1) is 12.8 Å². The van der Waals surface area contributed by atoms with Crippen molar-refractivity contribution >= 4 is 17.4 Å². The Hall–Kier alpha value is -1.61. The van der Waals surface area contributed by atoms with Crippen LogP contribution >= 0.6 is 11.8 Å². The van der Waals surface area contributed by atoms with Crippen molar-refractivity contribution < 1.29 is 4.74 Å². The van der Waals surface area contributed by atoms with Gasteiger partial charge in [-0.15, -0.1) is 11.8 Å². The van der Waals surface area contributed by atoms with Crippen LogP contribution in [-0.2, 0) is 0 Å². The van der Waals surface area contributed by atoms with E-state index < -0.39 is 0 Å². The molecule has 0 radical (unpaired) electrons. The Bertz CT molecular complexity index is 513. The van der Waals surface area contributed by atoms with E-state index in [2.05, 4.69) is 48.6 Å². The van der Waals surface area contributed by atoms with Crippen molar-refractivity contribution in [3.63, 3.8) is 0 Å². The lowest BCUT2D eigenvalue weighted by Gasteiger charge is -2.11. The van der Waals surface area contributed by atoms with E-state index in [0.29, 0.717) is 0 Å². The largest absolute Gasteiger partial charge is 0.495 e. The van der Waals surface area contributed by atoms with Gasteiger partial charge in [-0.05, 0) is 36.8 Å². The molecule has 0 amide bonds. The number of hydrogen-bond donors (Lipinski definition) is 1. The molecule has 0 aliphatic rings. The van der Waals surface area contributed by atoms with Crippen LogP contribution in [0, 0.1) is 6.92 Å². The van der Waals surface area contributed by atoms with Gasteiger partial charge in [-0.2, -0.15) is 0 Å². The van der Waals surface area contributed by atoms with Crippen LogP contribution in [0.3, 0.4) is 0 Å².